The zero-order chi connectivity index (χ0) is 15.2. The van der Waals surface area contributed by atoms with Crippen molar-refractivity contribution in [2.45, 2.75) is 12.8 Å². The van der Waals surface area contributed by atoms with Gasteiger partial charge in [0.15, 0.2) is 0 Å². The quantitative estimate of drug-likeness (QED) is 0.621. The van der Waals surface area contributed by atoms with Crippen LogP contribution in [0.1, 0.15) is 24.0 Å². The zero-order valence-electron chi connectivity index (χ0n) is 11.9. The van der Waals surface area contributed by atoms with E-state index >= 15 is 0 Å². The summed E-state index contributed by atoms with van der Waals surface area (Å²) >= 11 is 5.85. The third-order valence-corrected chi connectivity index (χ3v) is 3.43. The van der Waals surface area contributed by atoms with Gasteiger partial charge in [-0.15, -0.1) is 0 Å². The van der Waals surface area contributed by atoms with E-state index in [0.29, 0.717) is 5.02 Å². The summed E-state index contributed by atoms with van der Waals surface area (Å²) in [5.74, 6) is -0.627. The molecule has 4 heteroatoms. The Balaban J connectivity index is 2.28. The van der Waals surface area contributed by atoms with Crippen LogP contribution in [0.2, 0.25) is 5.02 Å². The Morgan fingerprint density at radius 1 is 1.19 bits per heavy atom. The van der Waals surface area contributed by atoms with E-state index in [1.165, 1.54) is 7.11 Å². The standard InChI is InChI=1S/C17H16ClNO2/c1-12(17(20)21-2)15-5-3-4-6-16(15)19-11-13-7-9-14(18)10-8-13/h3-12H,1-2H3. The monoisotopic (exact) mass is 301 g/mol. The minimum Gasteiger partial charge on any atom is -0.469 e. The Kier molecular flexibility index (Phi) is 5.12. The van der Waals surface area contributed by atoms with Gasteiger partial charge in [0.05, 0.1) is 18.7 Å². The summed E-state index contributed by atoms with van der Waals surface area (Å²) in [5.41, 5.74) is 2.54. The van der Waals surface area contributed by atoms with Crippen LogP contribution in [0.3, 0.4) is 0 Å². The average molecular weight is 302 g/mol. The van der Waals surface area contributed by atoms with Crippen molar-refractivity contribution in [3.8, 4) is 0 Å². The summed E-state index contributed by atoms with van der Waals surface area (Å²) in [6, 6.07) is 14.9. The maximum atomic E-state index is 11.7. The lowest BCUT2D eigenvalue weighted by atomic mass is 9.99. The number of rotatable bonds is 4. The number of hydrogen-bond donors (Lipinski definition) is 0. The highest BCUT2D eigenvalue weighted by Crippen LogP contribution is 2.27. The minimum atomic E-state index is -0.353. The normalized spacial score (nSPS) is 12.3. The SMILES string of the molecule is COC(=O)C(C)c1ccccc1N=Cc1ccc(Cl)cc1. The highest BCUT2D eigenvalue weighted by molar-refractivity contribution is 6.30. The molecule has 21 heavy (non-hydrogen) atoms. The van der Waals surface area contributed by atoms with E-state index in [2.05, 4.69) is 4.99 Å². The molecule has 0 spiro atoms. The number of methoxy groups -OCH3 is 1. The Hall–Kier alpha value is -2.13. The van der Waals surface area contributed by atoms with Crippen molar-refractivity contribution in [2.24, 2.45) is 4.99 Å². The molecule has 0 N–H and O–H groups in total. The first-order valence-corrected chi connectivity index (χ1v) is 6.96. The van der Waals surface area contributed by atoms with Gasteiger partial charge in [-0.05, 0) is 36.2 Å². The minimum absolute atomic E-state index is 0.274. The van der Waals surface area contributed by atoms with Gasteiger partial charge in [0.25, 0.3) is 0 Å². The van der Waals surface area contributed by atoms with Crippen LogP contribution >= 0.6 is 11.6 Å². The molecule has 1 atom stereocenters. The van der Waals surface area contributed by atoms with Crippen LogP contribution in [0.4, 0.5) is 5.69 Å². The van der Waals surface area contributed by atoms with Gasteiger partial charge in [0, 0.05) is 11.2 Å². The van der Waals surface area contributed by atoms with Crippen molar-refractivity contribution < 1.29 is 9.53 Å². The number of carbonyl (C=O) groups excluding carboxylic acids is 1. The van der Waals surface area contributed by atoms with Crippen LogP contribution in [-0.4, -0.2) is 19.3 Å². The highest BCUT2D eigenvalue weighted by atomic mass is 35.5. The molecule has 2 aromatic rings. The largest absolute Gasteiger partial charge is 0.469 e. The molecular weight excluding hydrogens is 286 g/mol. The maximum Gasteiger partial charge on any atom is 0.312 e. The predicted octanol–water partition coefficient (Wildman–Crippen LogP) is 4.37. The van der Waals surface area contributed by atoms with Crippen molar-refractivity contribution in [3.05, 3.63) is 64.7 Å². The molecule has 0 heterocycles. The Bertz CT molecular complexity index is 650. The van der Waals surface area contributed by atoms with Gasteiger partial charge in [-0.2, -0.15) is 0 Å². The van der Waals surface area contributed by atoms with Crippen molar-refractivity contribution in [2.75, 3.05) is 7.11 Å². The number of halogens is 1. The molecule has 1 unspecified atom stereocenters. The van der Waals surface area contributed by atoms with E-state index in [1.54, 1.807) is 6.21 Å². The third kappa shape index (κ3) is 3.92. The summed E-state index contributed by atoms with van der Waals surface area (Å²) in [4.78, 5) is 16.2. The number of benzene rings is 2. The van der Waals surface area contributed by atoms with Crippen molar-refractivity contribution in [1.82, 2.24) is 0 Å². The van der Waals surface area contributed by atoms with E-state index in [4.69, 9.17) is 16.3 Å². The van der Waals surface area contributed by atoms with E-state index in [-0.39, 0.29) is 11.9 Å². The first-order chi connectivity index (χ1) is 10.1. The second-order valence-electron chi connectivity index (χ2n) is 4.61. The molecule has 0 radical (unpaired) electrons. The molecule has 3 nitrogen and oxygen atoms in total. The van der Waals surface area contributed by atoms with Crippen molar-refractivity contribution in [1.29, 1.82) is 0 Å². The van der Waals surface area contributed by atoms with Crippen molar-refractivity contribution in [3.63, 3.8) is 0 Å². The van der Waals surface area contributed by atoms with Crippen LogP contribution in [-0.2, 0) is 9.53 Å². The molecule has 0 aliphatic heterocycles. The number of para-hydroxylation sites is 1. The molecule has 0 saturated carbocycles. The summed E-state index contributed by atoms with van der Waals surface area (Å²) < 4.78 is 4.79. The average Bonchev–Trinajstić information content (AvgIpc) is 2.53. The smallest absolute Gasteiger partial charge is 0.312 e. The Labute approximate surface area is 129 Å². The maximum absolute atomic E-state index is 11.7. The second kappa shape index (κ2) is 7.04. The van der Waals surface area contributed by atoms with Crippen LogP contribution in [0.25, 0.3) is 0 Å². The number of nitrogens with zero attached hydrogens (tertiary/aromatic N) is 1. The van der Waals surface area contributed by atoms with Crippen LogP contribution in [0, 0.1) is 0 Å². The predicted molar refractivity (Wildman–Crippen MR) is 85.6 cm³/mol. The molecule has 108 valence electrons. The fourth-order valence-corrected chi connectivity index (χ4v) is 2.09. The first-order valence-electron chi connectivity index (χ1n) is 6.58. The highest BCUT2D eigenvalue weighted by Gasteiger charge is 2.18. The molecule has 0 bridgehead atoms. The van der Waals surface area contributed by atoms with Crippen molar-refractivity contribution >= 4 is 29.5 Å². The topological polar surface area (TPSA) is 38.7 Å². The van der Waals surface area contributed by atoms with Gasteiger partial charge in [-0.3, -0.25) is 9.79 Å². The molecule has 0 amide bonds. The summed E-state index contributed by atoms with van der Waals surface area (Å²) in [6.07, 6.45) is 1.75. The number of aliphatic imine (C=N–C) groups is 1. The summed E-state index contributed by atoms with van der Waals surface area (Å²) in [7, 11) is 1.39. The molecular formula is C17H16ClNO2. The van der Waals surface area contributed by atoms with Gasteiger partial charge in [0.2, 0.25) is 0 Å². The van der Waals surface area contributed by atoms with Crippen LogP contribution < -0.4 is 0 Å². The third-order valence-electron chi connectivity index (χ3n) is 3.18. The number of ether oxygens (including phenoxy) is 1. The molecule has 0 aromatic heterocycles. The van der Waals surface area contributed by atoms with Gasteiger partial charge in [-0.25, -0.2) is 0 Å². The summed E-state index contributed by atoms with van der Waals surface area (Å²) in [5, 5.41) is 0.687. The lowest BCUT2D eigenvalue weighted by Crippen LogP contribution is -2.10. The molecule has 0 saturated heterocycles. The molecule has 2 aromatic carbocycles. The fourth-order valence-electron chi connectivity index (χ4n) is 1.97. The molecule has 2 rings (SSSR count). The van der Waals surface area contributed by atoms with Crippen LogP contribution in [0.15, 0.2) is 53.5 Å². The van der Waals surface area contributed by atoms with Gasteiger partial charge >= 0.3 is 5.97 Å². The van der Waals surface area contributed by atoms with Gasteiger partial charge in [-0.1, -0.05) is 41.9 Å². The van der Waals surface area contributed by atoms with E-state index in [0.717, 1.165) is 16.8 Å². The molecule has 0 aliphatic carbocycles. The zero-order valence-corrected chi connectivity index (χ0v) is 12.7. The van der Waals surface area contributed by atoms with E-state index in [9.17, 15) is 4.79 Å². The second-order valence-corrected chi connectivity index (χ2v) is 5.05. The fraction of sp³-hybridized carbons (Fsp3) is 0.176. The number of carbonyl (C=O) groups is 1. The first kappa shape index (κ1) is 15.3. The van der Waals surface area contributed by atoms with Crippen LogP contribution in [0.5, 0.6) is 0 Å². The number of esters is 1. The van der Waals surface area contributed by atoms with E-state index < -0.39 is 0 Å². The molecule has 0 aliphatic rings. The Morgan fingerprint density at radius 3 is 2.52 bits per heavy atom. The van der Waals surface area contributed by atoms with E-state index in [1.807, 2.05) is 55.5 Å². The van der Waals surface area contributed by atoms with Gasteiger partial charge < -0.3 is 4.74 Å². The molecule has 0 fully saturated rings. The lowest BCUT2D eigenvalue weighted by Gasteiger charge is -2.11. The van der Waals surface area contributed by atoms with Gasteiger partial charge in [0.1, 0.15) is 0 Å². The summed E-state index contributed by atoms with van der Waals surface area (Å²) in [6.45, 7) is 1.81. The number of hydrogen-bond acceptors (Lipinski definition) is 3. The lowest BCUT2D eigenvalue weighted by molar-refractivity contribution is -0.141. The Morgan fingerprint density at radius 2 is 1.86 bits per heavy atom.